The van der Waals surface area contributed by atoms with Gasteiger partial charge in [0.15, 0.2) is 0 Å². The minimum atomic E-state index is -0.607. The van der Waals surface area contributed by atoms with Crippen molar-refractivity contribution in [2.75, 3.05) is 29.9 Å². The molecular weight excluding hydrogens is 320 g/mol. The minimum absolute atomic E-state index is 0.607. The zero-order valence-electron chi connectivity index (χ0n) is 14.3. The molecule has 24 heavy (non-hydrogen) atoms. The van der Waals surface area contributed by atoms with Crippen molar-refractivity contribution in [2.45, 2.75) is 26.9 Å². The second kappa shape index (κ2) is 7.85. The molecule has 0 atom stereocenters. The topological polar surface area (TPSA) is 58.1 Å². The van der Waals surface area contributed by atoms with E-state index < -0.39 is 10.8 Å². The first-order chi connectivity index (χ1) is 11.6. The van der Waals surface area contributed by atoms with Crippen molar-refractivity contribution in [1.82, 2.24) is 14.9 Å². The first-order valence-electron chi connectivity index (χ1n) is 8.30. The van der Waals surface area contributed by atoms with E-state index in [1.165, 1.54) is 11.1 Å². The van der Waals surface area contributed by atoms with Crippen molar-refractivity contribution >= 4 is 16.6 Å². The molecule has 0 bridgehead atoms. The summed E-state index contributed by atoms with van der Waals surface area (Å²) in [4.78, 5) is 11.1. The fourth-order valence-corrected chi connectivity index (χ4v) is 3.98. The van der Waals surface area contributed by atoms with Gasteiger partial charge in [-0.25, -0.2) is 9.97 Å². The molecule has 128 valence electrons. The van der Waals surface area contributed by atoms with E-state index in [0.29, 0.717) is 0 Å². The van der Waals surface area contributed by atoms with Crippen LogP contribution in [0.1, 0.15) is 22.6 Å². The van der Waals surface area contributed by atoms with Gasteiger partial charge in [0.25, 0.3) is 0 Å². The maximum Gasteiger partial charge on any atom is 0.130 e. The molecule has 1 aromatic carbocycles. The highest BCUT2D eigenvalue weighted by atomic mass is 32.2. The van der Waals surface area contributed by atoms with Crippen LogP contribution in [0, 0.1) is 13.8 Å². The SMILES string of the molecule is Cc1cc(NCc2ccc(CN3CCS(=O)CC3)cc2)nc(C)n1. The van der Waals surface area contributed by atoms with Crippen LogP contribution in [0.3, 0.4) is 0 Å². The maximum absolute atomic E-state index is 11.4. The van der Waals surface area contributed by atoms with Crippen molar-refractivity contribution in [1.29, 1.82) is 0 Å². The molecule has 2 heterocycles. The largest absolute Gasteiger partial charge is 0.366 e. The normalized spacial score (nSPS) is 16.2. The number of hydrogen-bond donors (Lipinski definition) is 1. The van der Waals surface area contributed by atoms with Gasteiger partial charge < -0.3 is 5.32 Å². The second-order valence-corrected chi connectivity index (χ2v) is 7.93. The average Bonchev–Trinajstić information content (AvgIpc) is 2.55. The molecule has 1 saturated heterocycles. The molecule has 0 amide bonds. The highest BCUT2D eigenvalue weighted by Crippen LogP contribution is 2.12. The molecule has 0 saturated carbocycles. The summed E-state index contributed by atoms with van der Waals surface area (Å²) < 4.78 is 11.4. The Balaban J connectivity index is 1.53. The van der Waals surface area contributed by atoms with Gasteiger partial charge >= 0.3 is 0 Å². The predicted molar refractivity (Wildman–Crippen MR) is 98.4 cm³/mol. The average molecular weight is 344 g/mol. The molecular formula is C18H24N4OS. The van der Waals surface area contributed by atoms with E-state index in [2.05, 4.69) is 44.5 Å². The van der Waals surface area contributed by atoms with E-state index >= 15 is 0 Å². The molecule has 1 aliphatic heterocycles. The van der Waals surface area contributed by atoms with Gasteiger partial charge in [0.05, 0.1) is 0 Å². The summed E-state index contributed by atoms with van der Waals surface area (Å²) in [6.45, 7) is 7.44. The van der Waals surface area contributed by atoms with Gasteiger partial charge in [-0.2, -0.15) is 0 Å². The third-order valence-corrected chi connectivity index (χ3v) is 5.42. The van der Waals surface area contributed by atoms with Crippen LogP contribution in [0.15, 0.2) is 30.3 Å². The molecule has 5 nitrogen and oxygen atoms in total. The van der Waals surface area contributed by atoms with Crippen molar-refractivity contribution in [2.24, 2.45) is 0 Å². The van der Waals surface area contributed by atoms with Crippen LogP contribution in [0.2, 0.25) is 0 Å². The monoisotopic (exact) mass is 344 g/mol. The van der Waals surface area contributed by atoms with Gasteiger partial charge in [0.2, 0.25) is 0 Å². The highest BCUT2D eigenvalue weighted by molar-refractivity contribution is 7.85. The van der Waals surface area contributed by atoms with E-state index in [0.717, 1.165) is 55.0 Å². The molecule has 1 N–H and O–H groups in total. The lowest BCUT2D eigenvalue weighted by Crippen LogP contribution is -2.37. The Morgan fingerprint density at radius 1 is 1.08 bits per heavy atom. The third kappa shape index (κ3) is 4.85. The van der Waals surface area contributed by atoms with Crippen molar-refractivity contribution in [3.05, 3.63) is 53.0 Å². The zero-order chi connectivity index (χ0) is 16.9. The Hall–Kier alpha value is -1.79. The van der Waals surface area contributed by atoms with Gasteiger partial charge in [0.1, 0.15) is 11.6 Å². The van der Waals surface area contributed by atoms with E-state index in [4.69, 9.17) is 0 Å². The molecule has 6 heteroatoms. The predicted octanol–water partition coefficient (Wildman–Crippen LogP) is 2.27. The zero-order valence-corrected chi connectivity index (χ0v) is 15.1. The minimum Gasteiger partial charge on any atom is -0.366 e. The van der Waals surface area contributed by atoms with E-state index in [-0.39, 0.29) is 0 Å². The summed E-state index contributed by atoms with van der Waals surface area (Å²) in [5.74, 6) is 3.26. The first kappa shape index (κ1) is 17.0. The van der Waals surface area contributed by atoms with Crippen LogP contribution < -0.4 is 5.32 Å². The molecule has 1 aromatic heterocycles. The molecule has 0 spiro atoms. The Bertz CT molecular complexity index is 687. The molecule has 2 aromatic rings. The summed E-state index contributed by atoms with van der Waals surface area (Å²) in [5, 5.41) is 3.35. The number of hydrogen-bond acceptors (Lipinski definition) is 5. The Morgan fingerprint density at radius 3 is 2.42 bits per heavy atom. The Kier molecular flexibility index (Phi) is 5.58. The van der Waals surface area contributed by atoms with Crippen LogP contribution >= 0.6 is 0 Å². The summed E-state index contributed by atoms with van der Waals surface area (Å²) in [7, 11) is -0.607. The maximum atomic E-state index is 11.4. The standard InChI is InChI=1S/C18H24N4OS/c1-14-11-18(21-15(2)20-14)19-12-16-3-5-17(6-4-16)13-22-7-9-24(23)10-8-22/h3-6,11H,7-10,12-13H2,1-2H3,(H,19,20,21). The number of anilines is 1. The molecule has 1 fully saturated rings. The summed E-state index contributed by atoms with van der Waals surface area (Å²) >= 11 is 0. The molecule has 0 aliphatic carbocycles. The second-order valence-electron chi connectivity index (χ2n) is 6.24. The number of aryl methyl sites for hydroxylation is 2. The fraction of sp³-hybridized carbons (Fsp3) is 0.444. The number of nitrogens with zero attached hydrogens (tertiary/aromatic N) is 3. The highest BCUT2D eigenvalue weighted by Gasteiger charge is 2.14. The van der Waals surface area contributed by atoms with Crippen LogP contribution in [-0.2, 0) is 23.9 Å². The molecule has 1 aliphatic rings. The summed E-state index contributed by atoms with van der Waals surface area (Å²) in [5.41, 5.74) is 3.51. The third-order valence-electron chi connectivity index (χ3n) is 4.14. The lowest BCUT2D eigenvalue weighted by Gasteiger charge is -2.26. The quantitative estimate of drug-likeness (QED) is 0.902. The lowest BCUT2D eigenvalue weighted by atomic mass is 10.1. The fourth-order valence-electron chi connectivity index (χ4n) is 2.85. The van der Waals surface area contributed by atoms with Crippen molar-refractivity contribution < 1.29 is 4.21 Å². The van der Waals surface area contributed by atoms with E-state index in [9.17, 15) is 4.21 Å². The first-order valence-corrected chi connectivity index (χ1v) is 9.78. The number of nitrogens with one attached hydrogen (secondary N) is 1. The van der Waals surface area contributed by atoms with Gasteiger partial charge in [-0.3, -0.25) is 9.11 Å². The Labute approximate surface area is 146 Å². The summed E-state index contributed by atoms with van der Waals surface area (Å²) in [6.07, 6.45) is 0. The van der Waals surface area contributed by atoms with Crippen LogP contribution in [0.25, 0.3) is 0 Å². The van der Waals surface area contributed by atoms with Crippen molar-refractivity contribution in [3.63, 3.8) is 0 Å². The number of aromatic nitrogens is 2. The lowest BCUT2D eigenvalue weighted by molar-refractivity contribution is 0.291. The smallest absolute Gasteiger partial charge is 0.130 e. The molecule has 0 radical (unpaired) electrons. The van der Waals surface area contributed by atoms with Gasteiger partial charge in [-0.15, -0.1) is 0 Å². The van der Waals surface area contributed by atoms with E-state index in [1.54, 1.807) is 0 Å². The van der Waals surface area contributed by atoms with Crippen LogP contribution in [0.4, 0.5) is 5.82 Å². The van der Waals surface area contributed by atoms with Gasteiger partial charge in [-0.05, 0) is 25.0 Å². The molecule has 3 rings (SSSR count). The van der Waals surface area contributed by atoms with Gasteiger partial charge in [-0.1, -0.05) is 24.3 Å². The van der Waals surface area contributed by atoms with Crippen molar-refractivity contribution in [3.8, 4) is 0 Å². The Morgan fingerprint density at radius 2 is 1.75 bits per heavy atom. The number of benzene rings is 1. The van der Waals surface area contributed by atoms with Gasteiger partial charge in [0, 0.05) is 60.2 Å². The summed E-state index contributed by atoms with van der Waals surface area (Å²) in [6, 6.07) is 10.6. The van der Waals surface area contributed by atoms with Crippen LogP contribution in [0.5, 0.6) is 0 Å². The van der Waals surface area contributed by atoms with Crippen LogP contribution in [-0.4, -0.2) is 43.7 Å². The number of rotatable bonds is 5. The molecule has 0 unspecified atom stereocenters. The van der Waals surface area contributed by atoms with E-state index in [1.807, 2.05) is 19.9 Å².